The molecule has 0 unspecified atom stereocenters. The molecule has 0 saturated carbocycles. The van der Waals surface area contributed by atoms with E-state index in [0.29, 0.717) is 12.2 Å². The molecule has 29 heavy (non-hydrogen) atoms. The Morgan fingerprint density at radius 3 is 2.55 bits per heavy atom. The number of anilines is 1. The van der Waals surface area contributed by atoms with Crippen molar-refractivity contribution >= 4 is 28.9 Å². The van der Waals surface area contributed by atoms with Gasteiger partial charge >= 0.3 is 5.97 Å². The maximum Gasteiger partial charge on any atom is 0.338 e. The summed E-state index contributed by atoms with van der Waals surface area (Å²) in [5.41, 5.74) is 1.65. The van der Waals surface area contributed by atoms with Gasteiger partial charge in [-0.05, 0) is 60.9 Å². The van der Waals surface area contributed by atoms with Crippen LogP contribution in [0.1, 0.15) is 38.9 Å². The number of hydrogen-bond acceptors (Lipinski definition) is 4. The van der Waals surface area contributed by atoms with Gasteiger partial charge in [-0.1, -0.05) is 29.6 Å². The van der Waals surface area contributed by atoms with E-state index >= 15 is 0 Å². The summed E-state index contributed by atoms with van der Waals surface area (Å²) in [7, 11) is 0. The predicted octanol–water partition coefficient (Wildman–Crippen LogP) is 5.96. The van der Waals surface area contributed by atoms with E-state index in [1.807, 2.05) is 13.8 Å². The van der Waals surface area contributed by atoms with Gasteiger partial charge < -0.3 is 4.74 Å². The molecule has 3 rings (SSSR count). The van der Waals surface area contributed by atoms with Crippen LogP contribution < -0.4 is 5.12 Å². The lowest BCUT2D eigenvalue weighted by Gasteiger charge is -2.11. The molecule has 4 nitrogen and oxygen atoms in total. The molecular weight excluding hydrogens is 396 g/mol. The molecular formula is C22H19F2NO3S. The Kier molecular flexibility index (Phi) is 6.39. The topological polar surface area (TPSA) is 46.6 Å². The SMILES string of the molecule is CCCOC(=O)c1ccc(-c2ccc(C(=O)N(F)c3ccccc3F)s2)c(C)c1. The van der Waals surface area contributed by atoms with Crippen molar-refractivity contribution in [3.05, 3.63) is 76.4 Å². The van der Waals surface area contributed by atoms with E-state index in [9.17, 15) is 18.5 Å². The molecule has 0 spiro atoms. The highest BCUT2D eigenvalue weighted by atomic mass is 32.1. The number of carbonyl (C=O) groups is 2. The zero-order chi connectivity index (χ0) is 21.0. The second kappa shape index (κ2) is 8.96. The quantitative estimate of drug-likeness (QED) is 0.369. The van der Waals surface area contributed by atoms with Gasteiger partial charge in [0, 0.05) is 4.88 Å². The van der Waals surface area contributed by atoms with E-state index < -0.39 is 17.4 Å². The molecule has 0 aliphatic heterocycles. The van der Waals surface area contributed by atoms with Crippen molar-refractivity contribution in [2.24, 2.45) is 0 Å². The van der Waals surface area contributed by atoms with Crippen molar-refractivity contribution in [1.82, 2.24) is 0 Å². The van der Waals surface area contributed by atoms with Gasteiger partial charge in [0.25, 0.3) is 5.91 Å². The van der Waals surface area contributed by atoms with E-state index in [4.69, 9.17) is 4.74 Å². The molecule has 0 aliphatic rings. The van der Waals surface area contributed by atoms with E-state index in [-0.39, 0.29) is 16.0 Å². The number of rotatable bonds is 6. The summed E-state index contributed by atoms with van der Waals surface area (Å²) in [5.74, 6) is -2.15. The Hall–Kier alpha value is -3.06. The first-order chi connectivity index (χ1) is 13.9. The van der Waals surface area contributed by atoms with Crippen LogP contribution in [0.2, 0.25) is 0 Å². The summed E-state index contributed by atoms with van der Waals surface area (Å²) in [6, 6.07) is 13.5. The summed E-state index contributed by atoms with van der Waals surface area (Å²) >= 11 is 1.10. The van der Waals surface area contributed by atoms with Crippen LogP contribution in [-0.4, -0.2) is 18.5 Å². The Morgan fingerprint density at radius 2 is 1.86 bits per heavy atom. The van der Waals surface area contributed by atoms with Crippen molar-refractivity contribution in [1.29, 1.82) is 0 Å². The molecule has 2 aromatic carbocycles. The number of aryl methyl sites for hydroxylation is 1. The van der Waals surface area contributed by atoms with Crippen LogP contribution in [0.3, 0.4) is 0 Å². The zero-order valence-electron chi connectivity index (χ0n) is 15.9. The van der Waals surface area contributed by atoms with Crippen LogP contribution in [0.25, 0.3) is 10.4 Å². The van der Waals surface area contributed by atoms with Crippen molar-refractivity contribution < 1.29 is 23.2 Å². The molecule has 0 fully saturated rings. The summed E-state index contributed by atoms with van der Waals surface area (Å²) in [5, 5.41) is -0.190. The molecule has 150 valence electrons. The van der Waals surface area contributed by atoms with E-state index in [0.717, 1.165) is 39.8 Å². The Balaban J connectivity index is 1.82. The lowest BCUT2D eigenvalue weighted by molar-refractivity contribution is 0.0505. The van der Waals surface area contributed by atoms with E-state index in [2.05, 4.69) is 0 Å². The fraction of sp³-hybridized carbons (Fsp3) is 0.182. The predicted molar refractivity (Wildman–Crippen MR) is 109 cm³/mol. The molecule has 0 aliphatic carbocycles. The third-order valence-electron chi connectivity index (χ3n) is 4.22. The van der Waals surface area contributed by atoms with Gasteiger partial charge in [0.15, 0.2) is 0 Å². The second-order valence-corrected chi connectivity index (χ2v) is 7.45. The third kappa shape index (κ3) is 4.51. The highest BCUT2D eigenvalue weighted by molar-refractivity contribution is 7.17. The number of amides is 1. The molecule has 1 amide bonds. The van der Waals surface area contributed by atoms with Crippen LogP contribution >= 0.6 is 11.3 Å². The average Bonchev–Trinajstić information content (AvgIpc) is 3.21. The highest BCUT2D eigenvalue weighted by Gasteiger charge is 2.22. The van der Waals surface area contributed by atoms with Crippen LogP contribution in [0, 0.1) is 12.7 Å². The van der Waals surface area contributed by atoms with E-state index in [1.165, 1.54) is 24.3 Å². The smallest absolute Gasteiger partial charge is 0.338 e. The molecule has 7 heteroatoms. The Bertz CT molecular complexity index is 1050. The Labute approximate surface area is 171 Å². The second-order valence-electron chi connectivity index (χ2n) is 6.37. The van der Waals surface area contributed by atoms with Crippen LogP contribution in [0.5, 0.6) is 0 Å². The minimum atomic E-state index is -0.941. The van der Waals surface area contributed by atoms with Gasteiger partial charge in [-0.2, -0.15) is 0 Å². The molecule has 1 aromatic heterocycles. The van der Waals surface area contributed by atoms with Gasteiger partial charge in [-0.25, -0.2) is 9.18 Å². The first-order valence-corrected chi connectivity index (χ1v) is 9.86. The molecule has 3 aromatic rings. The fourth-order valence-corrected chi connectivity index (χ4v) is 3.78. The molecule has 0 saturated heterocycles. The zero-order valence-corrected chi connectivity index (χ0v) is 16.8. The largest absolute Gasteiger partial charge is 0.462 e. The van der Waals surface area contributed by atoms with Gasteiger partial charge in [-0.3, -0.25) is 4.79 Å². The normalized spacial score (nSPS) is 10.6. The first-order valence-electron chi connectivity index (χ1n) is 9.05. The van der Waals surface area contributed by atoms with Gasteiger partial charge in [-0.15, -0.1) is 16.5 Å². The monoisotopic (exact) mass is 415 g/mol. The first kappa shape index (κ1) is 20.7. The van der Waals surface area contributed by atoms with Gasteiger partial charge in [0.1, 0.15) is 11.5 Å². The number of para-hydroxylation sites is 1. The fourth-order valence-electron chi connectivity index (χ4n) is 2.76. The summed E-state index contributed by atoms with van der Waals surface area (Å²) in [6.07, 6.45) is 0.743. The summed E-state index contributed by atoms with van der Waals surface area (Å²) in [6.45, 7) is 4.12. The molecule has 0 bridgehead atoms. The van der Waals surface area contributed by atoms with Crippen LogP contribution in [0.15, 0.2) is 54.6 Å². The van der Waals surface area contributed by atoms with Crippen LogP contribution in [-0.2, 0) is 4.74 Å². The standard InChI is InChI=1S/C22H19F2NO3S/c1-3-12-28-22(27)15-8-9-16(14(2)13-15)19-10-11-20(29-19)21(26)25(24)18-7-5-4-6-17(18)23/h4-11,13H,3,12H2,1-2H3. The molecule has 1 heterocycles. The number of halogens is 2. The molecule has 0 N–H and O–H groups in total. The minimum Gasteiger partial charge on any atom is -0.462 e. The number of benzene rings is 2. The van der Waals surface area contributed by atoms with Crippen molar-refractivity contribution in [2.75, 3.05) is 11.7 Å². The van der Waals surface area contributed by atoms with Crippen molar-refractivity contribution in [3.8, 4) is 10.4 Å². The maximum atomic E-state index is 14.4. The molecule has 0 radical (unpaired) electrons. The van der Waals surface area contributed by atoms with Gasteiger partial charge in [0.2, 0.25) is 0 Å². The highest BCUT2D eigenvalue weighted by Crippen LogP contribution is 2.33. The number of hydrogen-bond donors (Lipinski definition) is 0. The van der Waals surface area contributed by atoms with Crippen molar-refractivity contribution in [2.45, 2.75) is 20.3 Å². The number of nitrogens with zero attached hydrogens (tertiary/aromatic N) is 1. The molecule has 0 atom stereocenters. The van der Waals surface area contributed by atoms with Crippen LogP contribution in [0.4, 0.5) is 14.6 Å². The lowest BCUT2D eigenvalue weighted by Crippen LogP contribution is -2.21. The van der Waals surface area contributed by atoms with E-state index in [1.54, 1.807) is 24.3 Å². The number of esters is 1. The van der Waals surface area contributed by atoms with Crippen molar-refractivity contribution in [3.63, 3.8) is 0 Å². The lowest BCUT2D eigenvalue weighted by atomic mass is 10.0. The average molecular weight is 415 g/mol. The van der Waals surface area contributed by atoms with Gasteiger partial charge in [0.05, 0.1) is 17.0 Å². The third-order valence-corrected chi connectivity index (χ3v) is 5.33. The minimum absolute atomic E-state index is 0.136. The number of ether oxygens (including phenoxy) is 1. The number of carbonyl (C=O) groups excluding carboxylic acids is 2. The number of thiophene rings is 1. The summed E-state index contributed by atoms with van der Waals surface area (Å²) < 4.78 is 33.3. The Morgan fingerprint density at radius 1 is 1.10 bits per heavy atom. The maximum absolute atomic E-state index is 14.4. The summed E-state index contributed by atoms with van der Waals surface area (Å²) in [4.78, 5) is 25.3.